The van der Waals surface area contributed by atoms with Gasteiger partial charge in [0.2, 0.25) is 5.88 Å². The van der Waals surface area contributed by atoms with Crippen LogP contribution in [0.2, 0.25) is 0 Å². The molecule has 0 saturated heterocycles. The largest absolute Gasteiger partial charge is 0.480 e. The molecule has 11 heteroatoms. The van der Waals surface area contributed by atoms with Crippen LogP contribution in [0.3, 0.4) is 0 Å². The fourth-order valence-corrected chi connectivity index (χ4v) is 5.53. The minimum Gasteiger partial charge on any atom is -0.480 e. The van der Waals surface area contributed by atoms with Crippen LogP contribution < -0.4 is 4.74 Å². The van der Waals surface area contributed by atoms with E-state index in [1.165, 1.54) is 6.33 Å². The Morgan fingerprint density at radius 3 is 2.51 bits per heavy atom. The van der Waals surface area contributed by atoms with Gasteiger partial charge in [0.15, 0.2) is 11.5 Å². The van der Waals surface area contributed by atoms with Crippen LogP contribution in [0.4, 0.5) is 13.2 Å². The standard InChI is InChI=1S/C28H25F3N6OS/c1-15(2)37-12-21(28(29,30)31)35-26(37)18-6-4-16(5-7-18)10-19-13-39-20-11-32-25(36-23(19)20)22-24(17-8-9-17)33-14-34-27(22)38-3/h4-7,11-15,17H,8-10H2,1-3H3. The molecule has 0 amide bonds. The summed E-state index contributed by atoms with van der Waals surface area (Å²) in [7, 11) is 1.58. The molecule has 7 nitrogen and oxygen atoms in total. The summed E-state index contributed by atoms with van der Waals surface area (Å²) in [5, 5.41) is 2.07. The maximum absolute atomic E-state index is 13.3. The van der Waals surface area contributed by atoms with Crippen LogP contribution in [0.25, 0.3) is 33.0 Å². The Balaban J connectivity index is 1.32. The number of methoxy groups -OCH3 is 1. The van der Waals surface area contributed by atoms with E-state index in [1.54, 1.807) is 23.0 Å². The Hall–Kier alpha value is -3.86. The molecule has 200 valence electrons. The quantitative estimate of drug-likeness (QED) is 0.215. The van der Waals surface area contributed by atoms with E-state index in [0.717, 1.165) is 51.6 Å². The molecule has 0 N–H and O–H groups in total. The van der Waals surface area contributed by atoms with Crippen molar-refractivity contribution >= 4 is 21.6 Å². The summed E-state index contributed by atoms with van der Waals surface area (Å²) in [5.74, 6) is 1.67. The number of thiophene rings is 1. The van der Waals surface area contributed by atoms with Gasteiger partial charge in [-0.2, -0.15) is 13.2 Å². The maximum Gasteiger partial charge on any atom is 0.434 e. The van der Waals surface area contributed by atoms with Crippen molar-refractivity contribution in [2.24, 2.45) is 0 Å². The van der Waals surface area contributed by atoms with Crippen molar-refractivity contribution in [3.05, 3.63) is 70.9 Å². The summed E-state index contributed by atoms with van der Waals surface area (Å²) in [4.78, 5) is 22.2. The summed E-state index contributed by atoms with van der Waals surface area (Å²) in [6.07, 6.45) is 2.68. The van der Waals surface area contributed by atoms with Gasteiger partial charge in [0, 0.05) is 36.3 Å². The molecule has 5 aromatic rings. The van der Waals surface area contributed by atoms with Crippen molar-refractivity contribution in [2.75, 3.05) is 7.11 Å². The van der Waals surface area contributed by atoms with Gasteiger partial charge < -0.3 is 9.30 Å². The highest BCUT2D eigenvalue weighted by molar-refractivity contribution is 7.17. The first-order chi connectivity index (χ1) is 18.7. The lowest BCUT2D eigenvalue weighted by Gasteiger charge is -2.12. The van der Waals surface area contributed by atoms with E-state index in [4.69, 9.17) is 9.72 Å². The number of hydrogen-bond acceptors (Lipinski definition) is 7. The predicted octanol–water partition coefficient (Wildman–Crippen LogP) is 7.09. The zero-order valence-corrected chi connectivity index (χ0v) is 22.3. The maximum atomic E-state index is 13.3. The van der Waals surface area contributed by atoms with Crippen LogP contribution in [-0.2, 0) is 12.6 Å². The predicted molar refractivity (Wildman–Crippen MR) is 143 cm³/mol. The van der Waals surface area contributed by atoms with Crippen LogP contribution in [0.5, 0.6) is 5.88 Å². The number of ether oxygens (including phenoxy) is 1. The Labute approximate surface area is 226 Å². The van der Waals surface area contributed by atoms with Crippen LogP contribution >= 0.6 is 11.3 Å². The fraction of sp³-hybridized carbons (Fsp3) is 0.321. The number of rotatable bonds is 7. The number of alkyl halides is 3. The number of benzene rings is 1. The first-order valence-corrected chi connectivity index (χ1v) is 13.5. The van der Waals surface area contributed by atoms with E-state index >= 15 is 0 Å². The average molecular weight is 551 g/mol. The zero-order chi connectivity index (χ0) is 27.3. The van der Waals surface area contributed by atoms with E-state index in [0.29, 0.717) is 35.4 Å². The lowest BCUT2D eigenvalue weighted by molar-refractivity contribution is -0.140. The van der Waals surface area contributed by atoms with Crippen LogP contribution in [0, 0.1) is 0 Å². The van der Waals surface area contributed by atoms with Gasteiger partial charge in [0.25, 0.3) is 0 Å². The second-order valence-electron chi connectivity index (χ2n) is 9.91. The second kappa shape index (κ2) is 9.71. The molecule has 4 aromatic heterocycles. The average Bonchev–Trinajstić information content (AvgIpc) is 3.53. The van der Waals surface area contributed by atoms with E-state index < -0.39 is 11.9 Å². The number of aromatic nitrogens is 6. The van der Waals surface area contributed by atoms with Crippen LogP contribution in [-0.4, -0.2) is 36.6 Å². The number of imidazole rings is 1. The molecule has 1 saturated carbocycles. The topological polar surface area (TPSA) is 78.6 Å². The monoisotopic (exact) mass is 550 g/mol. The zero-order valence-electron chi connectivity index (χ0n) is 21.5. The van der Waals surface area contributed by atoms with Crippen molar-refractivity contribution in [3.63, 3.8) is 0 Å². The molecule has 39 heavy (non-hydrogen) atoms. The summed E-state index contributed by atoms with van der Waals surface area (Å²) >= 11 is 1.57. The lowest BCUT2D eigenvalue weighted by Crippen LogP contribution is -2.05. The smallest absolute Gasteiger partial charge is 0.434 e. The molecule has 4 heterocycles. The third-order valence-corrected chi connectivity index (χ3v) is 7.75. The van der Waals surface area contributed by atoms with E-state index in [2.05, 4.69) is 25.3 Å². The highest BCUT2D eigenvalue weighted by Gasteiger charge is 2.35. The molecule has 1 aliphatic carbocycles. The molecule has 0 atom stereocenters. The van der Waals surface area contributed by atoms with Gasteiger partial charge in [-0.25, -0.2) is 24.9 Å². The molecule has 0 bridgehead atoms. The number of halogens is 3. The van der Waals surface area contributed by atoms with Gasteiger partial charge in [-0.05, 0) is 43.2 Å². The van der Waals surface area contributed by atoms with E-state index in [-0.39, 0.29) is 6.04 Å². The van der Waals surface area contributed by atoms with E-state index in [9.17, 15) is 13.2 Å². The van der Waals surface area contributed by atoms with Crippen molar-refractivity contribution < 1.29 is 17.9 Å². The molecule has 1 fully saturated rings. The number of hydrogen-bond donors (Lipinski definition) is 0. The Morgan fingerprint density at radius 1 is 1.08 bits per heavy atom. The summed E-state index contributed by atoms with van der Waals surface area (Å²) in [6, 6.07) is 7.32. The normalized spacial score (nSPS) is 13.9. The summed E-state index contributed by atoms with van der Waals surface area (Å²) in [6.45, 7) is 3.67. The first kappa shape index (κ1) is 25.4. The van der Waals surface area contributed by atoms with Crippen LogP contribution in [0.1, 0.15) is 61.2 Å². The summed E-state index contributed by atoms with van der Waals surface area (Å²) in [5.41, 5.74) is 4.31. The summed E-state index contributed by atoms with van der Waals surface area (Å²) < 4.78 is 48.0. The van der Waals surface area contributed by atoms with Gasteiger partial charge in [0.05, 0.1) is 23.0 Å². The van der Waals surface area contributed by atoms with E-state index in [1.807, 2.05) is 44.3 Å². The number of nitrogens with zero attached hydrogens (tertiary/aromatic N) is 6. The Kier molecular flexibility index (Phi) is 6.33. The molecule has 0 radical (unpaired) electrons. The molecule has 0 aliphatic heterocycles. The highest BCUT2D eigenvalue weighted by atomic mass is 32.1. The molecule has 0 unspecified atom stereocenters. The third kappa shape index (κ3) is 4.87. The highest BCUT2D eigenvalue weighted by Crippen LogP contribution is 2.45. The second-order valence-corrected chi connectivity index (χ2v) is 10.8. The molecule has 1 aliphatic rings. The molecule has 6 rings (SSSR count). The van der Waals surface area contributed by atoms with Crippen molar-refractivity contribution in [2.45, 2.75) is 51.2 Å². The Morgan fingerprint density at radius 2 is 1.85 bits per heavy atom. The fourth-order valence-electron chi connectivity index (χ4n) is 4.67. The van der Waals surface area contributed by atoms with Crippen molar-refractivity contribution in [3.8, 4) is 28.7 Å². The van der Waals surface area contributed by atoms with Gasteiger partial charge in [0.1, 0.15) is 17.7 Å². The van der Waals surface area contributed by atoms with Crippen molar-refractivity contribution in [1.29, 1.82) is 0 Å². The van der Waals surface area contributed by atoms with Gasteiger partial charge in [-0.15, -0.1) is 11.3 Å². The molecular formula is C28H25F3N6OS. The Bertz CT molecular complexity index is 1650. The number of fused-ring (bicyclic) bond motifs is 1. The molecular weight excluding hydrogens is 525 g/mol. The van der Waals surface area contributed by atoms with Gasteiger partial charge in [-0.3, -0.25) is 0 Å². The van der Waals surface area contributed by atoms with Crippen LogP contribution in [0.15, 0.2) is 48.4 Å². The van der Waals surface area contributed by atoms with Crippen molar-refractivity contribution in [1.82, 2.24) is 29.5 Å². The first-order valence-electron chi connectivity index (χ1n) is 12.6. The van der Waals surface area contributed by atoms with Gasteiger partial charge >= 0.3 is 6.18 Å². The SMILES string of the molecule is COc1ncnc(C2CC2)c1-c1ncc2scc(Cc3ccc(-c4nc(C(F)(F)F)cn4C(C)C)cc3)c2n1. The molecule has 1 aromatic carbocycles. The minimum absolute atomic E-state index is 0.164. The molecule has 0 spiro atoms. The lowest BCUT2D eigenvalue weighted by atomic mass is 10.0. The minimum atomic E-state index is -4.50. The third-order valence-electron chi connectivity index (χ3n) is 6.80. The van der Waals surface area contributed by atoms with Gasteiger partial charge in [-0.1, -0.05) is 24.3 Å².